The van der Waals surface area contributed by atoms with Crippen LogP contribution in [0.15, 0.2) is 101 Å². The second-order valence-corrected chi connectivity index (χ2v) is 9.63. The second-order valence-electron chi connectivity index (χ2n) is 9.63. The molecular weight excluding hydrogens is 546 g/mol. The first-order valence-corrected chi connectivity index (χ1v) is 13.2. The van der Waals surface area contributed by atoms with Gasteiger partial charge in [-0.3, -0.25) is 4.98 Å². The van der Waals surface area contributed by atoms with Crippen LogP contribution in [0.25, 0.3) is 0 Å². The first kappa shape index (κ1) is 27.1. The molecule has 6 aromatic rings. The van der Waals surface area contributed by atoms with Gasteiger partial charge in [0, 0.05) is 23.5 Å². The predicted octanol–water partition coefficient (Wildman–Crippen LogP) is 3.23. The molecule has 0 fully saturated rings. The molecule has 0 amide bonds. The van der Waals surface area contributed by atoms with Crippen LogP contribution in [-0.4, -0.2) is 68.3 Å². The van der Waals surface area contributed by atoms with E-state index in [1.807, 2.05) is 66.7 Å². The summed E-state index contributed by atoms with van der Waals surface area (Å²) in [5.74, 6) is 1.04. The van der Waals surface area contributed by atoms with E-state index >= 15 is 0 Å². The van der Waals surface area contributed by atoms with Crippen molar-refractivity contribution < 1.29 is 10.2 Å². The van der Waals surface area contributed by atoms with E-state index in [0.29, 0.717) is 33.9 Å². The normalized spacial score (nSPS) is 13.1. The first-order chi connectivity index (χ1) is 21.0. The quantitative estimate of drug-likeness (QED) is 0.206. The number of aromatic nitrogens is 9. The van der Waals surface area contributed by atoms with E-state index in [1.165, 1.54) is 9.58 Å². The highest BCUT2D eigenvalue weighted by Gasteiger charge is 2.42. The molecule has 3 aromatic heterocycles. The van der Waals surface area contributed by atoms with Gasteiger partial charge in [0.05, 0.1) is 17.8 Å². The summed E-state index contributed by atoms with van der Waals surface area (Å²) in [6.45, 7) is 3.47. The molecule has 13 heteroatoms. The monoisotopic (exact) mass is 571 g/mol. The number of aromatic hydroxyl groups is 2. The number of phenolic OH excluding ortho intramolecular Hbond substituents is 2. The number of tetrazole rings is 2. The Balaban J connectivity index is 1.53. The molecule has 3 aromatic carbocycles. The molecule has 0 saturated heterocycles. The van der Waals surface area contributed by atoms with Gasteiger partial charge in [-0.05, 0) is 81.2 Å². The number of pyridine rings is 1. The zero-order chi connectivity index (χ0) is 29.8. The van der Waals surface area contributed by atoms with Crippen molar-refractivity contribution in [2.24, 2.45) is 10.2 Å². The predicted molar refractivity (Wildman–Crippen MR) is 157 cm³/mol. The molecule has 0 aliphatic heterocycles. The fraction of sp³-hybridized carbons (Fsp3) is 0.100. The van der Waals surface area contributed by atoms with Crippen LogP contribution >= 0.6 is 0 Å². The number of hydrogen-bond donors (Lipinski definition) is 2. The van der Waals surface area contributed by atoms with Crippen molar-refractivity contribution in [1.82, 2.24) is 45.6 Å². The SMILES string of the molecule is Cc1nnnn1N=Cc1ccc(C(c2ccccc2)(c2ccncc2)c2ccc(C=Nn3nnnc3C)cc2O)c(O)c1. The van der Waals surface area contributed by atoms with E-state index in [9.17, 15) is 10.2 Å². The van der Waals surface area contributed by atoms with Crippen molar-refractivity contribution in [1.29, 1.82) is 0 Å². The van der Waals surface area contributed by atoms with Gasteiger partial charge in [0.1, 0.15) is 11.5 Å². The lowest BCUT2D eigenvalue weighted by molar-refractivity contribution is 0.447. The standard InChI is InChI=1S/C30H25N11O2/c1-20-34-36-38-40(20)32-18-22-8-10-26(28(42)16-22)30(24-6-4-3-5-7-24,25-12-14-31-15-13-25)27-11-9-23(17-29(27)43)19-33-41-21(2)35-37-39-41/h3-19,42-43H,1-2H3. The molecule has 212 valence electrons. The van der Waals surface area contributed by atoms with Crippen molar-refractivity contribution in [3.05, 3.63) is 136 Å². The minimum atomic E-state index is -1.14. The van der Waals surface area contributed by atoms with E-state index in [4.69, 9.17) is 0 Å². The lowest BCUT2D eigenvalue weighted by atomic mass is 9.64. The van der Waals surface area contributed by atoms with Crippen LogP contribution in [0.2, 0.25) is 0 Å². The summed E-state index contributed by atoms with van der Waals surface area (Å²) >= 11 is 0. The van der Waals surface area contributed by atoms with E-state index in [1.54, 1.807) is 50.8 Å². The smallest absolute Gasteiger partial charge is 0.173 e. The maximum atomic E-state index is 11.6. The van der Waals surface area contributed by atoms with Gasteiger partial charge in [-0.25, -0.2) is 0 Å². The molecule has 0 spiro atoms. The van der Waals surface area contributed by atoms with Gasteiger partial charge in [0.2, 0.25) is 0 Å². The molecule has 3 heterocycles. The highest BCUT2D eigenvalue weighted by atomic mass is 16.3. The van der Waals surface area contributed by atoms with Gasteiger partial charge >= 0.3 is 0 Å². The van der Waals surface area contributed by atoms with Gasteiger partial charge in [-0.15, -0.1) is 19.8 Å². The molecule has 2 N–H and O–H groups in total. The lowest BCUT2D eigenvalue weighted by Crippen LogP contribution is -2.31. The first-order valence-electron chi connectivity index (χ1n) is 13.2. The zero-order valence-electron chi connectivity index (χ0n) is 23.1. The van der Waals surface area contributed by atoms with Crippen molar-refractivity contribution in [3.8, 4) is 11.5 Å². The average molecular weight is 572 g/mol. The van der Waals surface area contributed by atoms with Gasteiger partial charge in [0.15, 0.2) is 11.6 Å². The third-order valence-corrected chi connectivity index (χ3v) is 7.01. The Kier molecular flexibility index (Phi) is 7.18. The topological polar surface area (TPSA) is 165 Å². The van der Waals surface area contributed by atoms with E-state index in [-0.39, 0.29) is 11.5 Å². The molecule has 13 nitrogen and oxygen atoms in total. The molecule has 6 rings (SSSR count). The van der Waals surface area contributed by atoms with Crippen LogP contribution in [0.3, 0.4) is 0 Å². The summed E-state index contributed by atoms with van der Waals surface area (Å²) in [6.07, 6.45) is 6.49. The van der Waals surface area contributed by atoms with Gasteiger partial charge < -0.3 is 10.2 Å². The second kappa shape index (κ2) is 11.4. The lowest BCUT2D eigenvalue weighted by Gasteiger charge is -2.37. The average Bonchev–Trinajstić information content (AvgIpc) is 3.64. The van der Waals surface area contributed by atoms with Crippen LogP contribution < -0.4 is 0 Å². The number of benzene rings is 3. The highest BCUT2D eigenvalue weighted by molar-refractivity contribution is 5.82. The molecular formula is C30H25N11O2. The van der Waals surface area contributed by atoms with E-state index in [2.05, 4.69) is 46.2 Å². The Hall–Kier alpha value is -6.11. The summed E-state index contributed by atoms with van der Waals surface area (Å²) in [5, 5.41) is 54.3. The third kappa shape index (κ3) is 5.10. The van der Waals surface area contributed by atoms with Crippen LogP contribution in [-0.2, 0) is 5.41 Å². The summed E-state index contributed by atoms with van der Waals surface area (Å²) in [4.78, 5) is 6.81. The maximum Gasteiger partial charge on any atom is 0.173 e. The van der Waals surface area contributed by atoms with E-state index in [0.717, 1.165) is 11.1 Å². The Morgan fingerprint density at radius 3 is 1.58 bits per heavy atom. The summed E-state index contributed by atoms with van der Waals surface area (Å²) in [5.41, 5.74) is 2.81. The minimum Gasteiger partial charge on any atom is -0.508 e. The Bertz CT molecular complexity index is 1790. The molecule has 43 heavy (non-hydrogen) atoms. The third-order valence-electron chi connectivity index (χ3n) is 7.01. The molecule has 0 atom stereocenters. The summed E-state index contributed by atoms with van der Waals surface area (Å²) < 4.78 is 0. The molecule has 0 aliphatic carbocycles. The summed E-state index contributed by atoms with van der Waals surface area (Å²) in [7, 11) is 0. The fourth-order valence-electron chi connectivity index (χ4n) is 5.03. The van der Waals surface area contributed by atoms with Crippen LogP contribution in [0, 0.1) is 13.8 Å². The largest absolute Gasteiger partial charge is 0.508 e. The molecule has 0 radical (unpaired) electrons. The molecule has 0 bridgehead atoms. The minimum absolute atomic E-state index is 0.00255. The zero-order valence-corrected chi connectivity index (χ0v) is 23.1. The van der Waals surface area contributed by atoms with E-state index < -0.39 is 5.41 Å². The number of aryl methyl sites for hydroxylation is 2. The summed E-state index contributed by atoms with van der Waals surface area (Å²) in [6, 6.07) is 24.0. The highest BCUT2D eigenvalue weighted by Crippen LogP contribution is 2.50. The Morgan fingerprint density at radius 2 is 1.14 bits per heavy atom. The number of rotatable bonds is 8. The Morgan fingerprint density at radius 1 is 0.651 bits per heavy atom. The van der Waals surface area contributed by atoms with Gasteiger partial charge in [0.25, 0.3) is 0 Å². The number of phenols is 2. The van der Waals surface area contributed by atoms with Crippen LogP contribution in [0.1, 0.15) is 45.0 Å². The molecule has 0 aliphatic rings. The van der Waals surface area contributed by atoms with Crippen LogP contribution in [0.5, 0.6) is 11.5 Å². The van der Waals surface area contributed by atoms with Gasteiger partial charge in [-0.1, -0.05) is 54.6 Å². The van der Waals surface area contributed by atoms with Crippen molar-refractivity contribution in [2.45, 2.75) is 19.3 Å². The number of nitrogens with zero attached hydrogens (tertiary/aromatic N) is 11. The molecule has 0 saturated carbocycles. The van der Waals surface area contributed by atoms with Gasteiger partial charge in [-0.2, -0.15) is 10.2 Å². The van der Waals surface area contributed by atoms with Crippen molar-refractivity contribution in [3.63, 3.8) is 0 Å². The van der Waals surface area contributed by atoms with Crippen molar-refractivity contribution in [2.75, 3.05) is 0 Å². The Labute approximate surface area is 245 Å². The van der Waals surface area contributed by atoms with Crippen molar-refractivity contribution >= 4 is 12.4 Å². The number of hydrogen-bond acceptors (Lipinski definition) is 11. The fourth-order valence-corrected chi connectivity index (χ4v) is 5.03. The molecule has 0 unspecified atom stereocenters. The van der Waals surface area contributed by atoms with Crippen LogP contribution in [0.4, 0.5) is 0 Å². The maximum absolute atomic E-state index is 11.6.